The number of amides is 2. The minimum atomic E-state index is -0.197. The number of anilines is 1. The third-order valence-electron chi connectivity index (χ3n) is 7.00. The highest BCUT2D eigenvalue weighted by Gasteiger charge is 2.28. The molecule has 1 atom stereocenters. The summed E-state index contributed by atoms with van der Waals surface area (Å²) in [5, 5.41) is 2.45. The molecule has 1 aromatic carbocycles. The summed E-state index contributed by atoms with van der Waals surface area (Å²) in [6.45, 7) is 5.76. The normalized spacial score (nSPS) is 25.3. The number of benzene rings is 1. The number of nitrogens with zero attached hydrogens (tertiary/aromatic N) is 2. The Kier molecular flexibility index (Phi) is 6.50. The van der Waals surface area contributed by atoms with E-state index in [4.69, 9.17) is 5.73 Å². The van der Waals surface area contributed by atoms with Crippen molar-refractivity contribution in [3.05, 3.63) is 29.8 Å². The van der Waals surface area contributed by atoms with Crippen LogP contribution in [0.2, 0.25) is 0 Å². The van der Waals surface area contributed by atoms with Gasteiger partial charge in [0.15, 0.2) is 0 Å². The van der Waals surface area contributed by atoms with Gasteiger partial charge in [-0.05, 0) is 81.8 Å². The SMILES string of the molecule is NC1CCN(CCC2CCN(c3ccc(C4CCC(=O)NC4=O)cc3)CC2)CC1. The molecule has 158 valence electrons. The van der Waals surface area contributed by atoms with Crippen molar-refractivity contribution in [1.29, 1.82) is 0 Å². The quantitative estimate of drug-likeness (QED) is 0.744. The molecule has 6 heteroatoms. The number of carbonyl (C=O) groups excluding carboxylic acids is 2. The topological polar surface area (TPSA) is 78.7 Å². The number of hydrogen-bond acceptors (Lipinski definition) is 5. The van der Waals surface area contributed by atoms with Gasteiger partial charge in [0, 0.05) is 31.2 Å². The molecular formula is C23H34N4O2. The van der Waals surface area contributed by atoms with Gasteiger partial charge in [-0.2, -0.15) is 0 Å². The number of hydrogen-bond donors (Lipinski definition) is 2. The number of piperidine rings is 3. The Morgan fingerprint density at radius 3 is 2.28 bits per heavy atom. The van der Waals surface area contributed by atoms with Gasteiger partial charge >= 0.3 is 0 Å². The number of carbonyl (C=O) groups is 2. The van der Waals surface area contributed by atoms with Crippen LogP contribution in [0.15, 0.2) is 24.3 Å². The molecule has 2 amide bonds. The third kappa shape index (κ3) is 5.17. The Morgan fingerprint density at radius 1 is 0.931 bits per heavy atom. The molecule has 0 spiro atoms. The van der Waals surface area contributed by atoms with E-state index >= 15 is 0 Å². The molecule has 1 unspecified atom stereocenters. The first-order valence-electron chi connectivity index (χ1n) is 11.2. The standard InChI is InChI=1S/C23H34N4O2/c24-19-10-13-26(14-11-19)12-7-17-8-15-27(16-9-17)20-3-1-18(2-4-20)21-5-6-22(28)25-23(21)29/h1-4,17,19,21H,5-16,24H2,(H,25,28,29). The molecule has 4 rings (SSSR count). The van der Waals surface area contributed by atoms with Gasteiger partial charge in [0.2, 0.25) is 11.8 Å². The van der Waals surface area contributed by atoms with Crippen LogP contribution in [0.5, 0.6) is 0 Å². The number of nitrogens with one attached hydrogen (secondary N) is 1. The monoisotopic (exact) mass is 398 g/mol. The first-order chi connectivity index (χ1) is 14.1. The van der Waals surface area contributed by atoms with E-state index in [0.717, 1.165) is 37.4 Å². The van der Waals surface area contributed by atoms with Crippen LogP contribution in [0.3, 0.4) is 0 Å². The maximum Gasteiger partial charge on any atom is 0.234 e. The second-order valence-electron chi connectivity index (χ2n) is 8.99. The lowest BCUT2D eigenvalue weighted by molar-refractivity contribution is -0.134. The first kappa shape index (κ1) is 20.4. The highest BCUT2D eigenvalue weighted by molar-refractivity contribution is 6.00. The molecule has 3 aliphatic heterocycles. The van der Waals surface area contributed by atoms with Gasteiger partial charge in [0.1, 0.15) is 0 Å². The molecule has 3 fully saturated rings. The molecule has 29 heavy (non-hydrogen) atoms. The minimum absolute atomic E-state index is 0.158. The fourth-order valence-electron chi connectivity index (χ4n) is 4.95. The molecule has 0 aliphatic carbocycles. The maximum absolute atomic E-state index is 12.1. The Morgan fingerprint density at radius 2 is 1.62 bits per heavy atom. The third-order valence-corrected chi connectivity index (χ3v) is 7.00. The van der Waals surface area contributed by atoms with E-state index in [1.54, 1.807) is 0 Å². The summed E-state index contributed by atoms with van der Waals surface area (Å²) in [6.07, 6.45) is 7.14. The average molecular weight is 399 g/mol. The van der Waals surface area contributed by atoms with Crippen molar-refractivity contribution in [1.82, 2.24) is 10.2 Å². The summed E-state index contributed by atoms with van der Waals surface area (Å²) in [6, 6.07) is 8.80. The van der Waals surface area contributed by atoms with E-state index in [9.17, 15) is 9.59 Å². The van der Waals surface area contributed by atoms with E-state index < -0.39 is 0 Å². The van der Waals surface area contributed by atoms with E-state index in [1.165, 1.54) is 44.6 Å². The van der Waals surface area contributed by atoms with Crippen molar-refractivity contribution < 1.29 is 9.59 Å². The zero-order chi connectivity index (χ0) is 20.2. The van der Waals surface area contributed by atoms with Crippen molar-refractivity contribution in [2.24, 2.45) is 11.7 Å². The van der Waals surface area contributed by atoms with Gasteiger partial charge < -0.3 is 15.5 Å². The lowest BCUT2D eigenvalue weighted by Crippen LogP contribution is -2.41. The lowest BCUT2D eigenvalue weighted by Gasteiger charge is -2.36. The smallest absolute Gasteiger partial charge is 0.234 e. The summed E-state index contributed by atoms with van der Waals surface area (Å²) in [5.74, 6) is 0.307. The van der Waals surface area contributed by atoms with Gasteiger partial charge in [0.05, 0.1) is 5.92 Å². The Bertz CT molecular complexity index is 704. The molecule has 0 bridgehead atoms. The van der Waals surface area contributed by atoms with Gasteiger partial charge in [-0.3, -0.25) is 14.9 Å². The van der Waals surface area contributed by atoms with Crippen LogP contribution in [0.1, 0.15) is 56.4 Å². The van der Waals surface area contributed by atoms with Crippen LogP contribution in [0, 0.1) is 5.92 Å². The Hall–Kier alpha value is -1.92. The van der Waals surface area contributed by atoms with Crippen LogP contribution in [-0.4, -0.2) is 55.5 Å². The predicted molar refractivity (Wildman–Crippen MR) is 115 cm³/mol. The first-order valence-corrected chi connectivity index (χ1v) is 11.2. The molecule has 6 nitrogen and oxygen atoms in total. The molecular weight excluding hydrogens is 364 g/mol. The number of nitrogens with two attached hydrogens (primary N) is 1. The van der Waals surface area contributed by atoms with E-state index in [-0.39, 0.29) is 17.7 Å². The summed E-state index contributed by atoms with van der Waals surface area (Å²) >= 11 is 0. The molecule has 3 heterocycles. The molecule has 3 aliphatic rings. The lowest BCUT2D eigenvalue weighted by atomic mass is 9.90. The van der Waals surface area contributed by atoms with Gasteiger partial charge in [-0.1, -0.05) is 12.1 Å². The van der Waals surface area contributed by atoms with Crippen molar-refractivity contribution in [2.45, 2.75) is 56.9 Å². The second kappa shape index (κ2) is 9.26. The number of likely N-dealkylation sites (tertiary alicyclic amines) is 1. The van der Waals surface area contributed by atoms with E-state index in [2.05, 4.69) is 39.4 Å². The summed E-state index contributed by atoms with van der Waals surface area (Å²) in [7, 11) is 0. The molecule has 0 saturated carbocycles. The minimum Gasteiger partial charge on any atom is -0.372 e. The molecule has 0 radical (unpaired) electrons. The zero-order valence-corrected chi connectivity index (χ0v) is 17.3. The summed E-state index contributed by atoms with van der Waals surface area (Å²) in [4.78, 5) is 28.5. The predicted octanol–water partition coefficient (Wildman–Crippen LogP) is 2.24. The van der Waals surface area contributed by atoms with Crippen LogP contribution in [-0.2, 0) is 9.59 Å². The van der Waals surface area contributed by atoms with Crippen molar-refractivity contribution in [3.63, 3.8) is 0 Å². The van der Waals surface area contributed by atoms with Crippen molar-refractivity contribution in [3.8, 4) is 0 Å². The largest absolute Gasteiger partial charge is 0.372 e. The van der Waals surface area contributed by atoms with E-state index in [1.807, 2.05) is 0 Å². The fraction of sp³-hybridized carbons (Fsp3) is 0.652. The highest BCUT2D eigenvalue weighted by atomic mass is 16.2. The second-order valence-corrected chi connectivity index (χ2v) is 8.99. The molecule has 3 saturated heterocycles. The highest BCUT2D eigenvalue weighted by Crippen LogP contribution is 2.29. The van der Waals surface area contributed by atoms with E-state index in [0.29, 0.717) is 18.9 Å². The zero-order valence-electron chi connectivity index (χ0n) is 17.3. The summed E-state index contributed by atoms with van der Waals surface area (Å²) in [5.41, 5.74) is 8.25. The molecule has 0 aromatic heterocycles. The van der Waals surface area contributed by atoms with Crippen LogP contribution < -0.4 is 16.0 Å². The molecule has 3 N–H and O–H groups in total. The number of rotatable bonds is 5. The van der Waals surface area contributed by atoms with Gasteiger partial charge in [-0.15, -0.1) is 0 Å². The van der Waals surface area contributed by atoms with Crippen LogP contribution in [0.25, 0.3) is 0 Å². The van der Waals surface area contributed by atoms with Gasteiger partial charge in [-0.25, -0.2) is 0 Å². The molecule has 1 aromatic rings. The van der Waals surface area contributed by atoms with Crippen LogP contribution in [0.4, 0.5) is 5.69 Å². The maximum atomic E-state index is 12.1. The van der Waals surface area contributed by atoms with Gasteiger partial charge in [0.25, 0.3) is 0 Å². The summed E-state index contributed by atoms with van der Waals surface area (Å²) < 4.78 is 0. The van der Waals surface area contributed by atoms with Crippen LogP contribution >= 0.6 is 0 Å². The van der Waals surface area contributed by atoms with Crippen molar-refractivity contribution in [2.75, 3.05) is 37.6 Å². The fourth-order valence-corrected chi connectivity index (χ4v) is 4.95. The van der Waals surface area contributed by atoms with Crippen molar-refractivity contribution >= 4 is 17.5 Å². The Balaban J connectivity index is 1.23. The Labute approximate surface area is 173 Å². The average Bonchev–Trinajstić information content (AvgIpc) is 2.74. The number of imide groups is 1.